The highest BCUT2D eigenvalue weighted by Gasteiger charge is 2.10. The van der Waals surface area contributed by atoms with E-state index < -0.39 is 0 Å². The highest BCUT2D eigenvalue weighted by molar-refractivity contribution is 5.93. The number of nitrogens with one attached hydrogen (secondary N) is 1. The van der Waals surface area contributed by atoms with Crippen molar-refractivity contribution in [2.45, 2.75) is 53.1 Å². The number of carbonyl (C=O) groups excluding carboxylic acids is 1. The highest BCUT2D eigenvalue weighted by Crippen LogP contribution is 2.21. The number of anilines is 1. The lowest BCUT2D eigenvalue weighted by atomic mass is 10.2. The molecule has 6 nitrogen and oxygen atoms in total. The van der Waals surface area contributed by atoms with Crippen LogP contribution in [0.4, 0.5) is 5.69 Å². The Balaban J connectivity index is 1.69. The molecule has 6 heteroatoms. The molecule has 0 aliphatic carbocycles. The summed E-state index contributed by atoms with van der Waals surface area (Å²) in [5.74, 6) is 2.08. The molecule has 0 saturated heterocycles. The van der Waals surface area contributed by atoms with E-state index in [4.69, 9.17) is 0 Å². The van der Waals surface area contributed by atoms with Gasteiger partial charge in [0.25, 0.3) is 0 Å². The number of carbonyl (C=O) groups is 1. The minimum atomic E-state index is 0.000687. The minimum Gasteiger partial charge on any atom is -0.334 e. The van der Waals surface area contributed by atoms with Crippen molar-refractivity contribution in [3.05, 3.63) is 42.2 Å². The number of hydrogen-bond donors (Lipinski definition) is 1. The molecule has 3 aromatic rings. The summed E-state index contributed by atoms with van der Waals surface area (Å²) in [6, 6.07) is 5.93. The third-order valence-electron chi connectivity index (χ3n) is 4.44. The first kappa shape index (κ1) is 17.2. The molecule has 0 saturated carbocycles. The van der Waals surface area contributed by atoms with Crippen LogP contribution < -0.4 is 5.32 Å². The summed E-state index contributed by atoms with van der Waals surface area (Å²) in [5.41, 5.74) is 2.84. The van der Waals surface area contributed by atoms with Crippen molar-refractivity contribution in [3.63, 3.8) is 0 Å². The monoisotopic (exact) mass is 339 g/mol. The standard InChI is InChI=1S/C19H25N5O/c1-4-17-20-10-12-23(17)11-9-19(25)21-14-7-8-16-15(13-14)22-18(5-2)24(16)6-3/h7-8,10,12-13H,4-6,9,11H2,1-3H3,(H,21,25). The average Bonchev–Trinajstić information content (AvgIpc) is 3.22. The zero-order chi connectivity index (χ0) is 17.8. The van der Waals surface area contributed by atoms with Gasteiger partial charge in [0, 0.05) is 50.4 Å². The maximum absolute atomic E-state index is 12.3. The van der Waals surface area contributed by atoms with Crippen LogP contribution in [-0.2, 0) is 30.7 Å². The Morgan fingerprint density at radius 2 is 1.96 bits per heavy atom. The molecule has 3 rings (SSSR count). The number of aromatic nitrogens is 4. The Morgan fingerprint density at radius 3 is 2.68 bits per heavy atom. The molecule has 1 N–H and O–H groups in total. The van der Waals surface area contributed by atoms with Crippen molar-refractivity contribution in [2.75, 3.05) is 5.32 Å². The number of nitrogens with zero attached hydrogens (tertiary/aromatic N) is 4. The third kappa shape index (κ3) is 3.57. The molecule has 0 atom stereocenters. The largest absolute Gasteiger partial charge is 0.334 e. The predicted octanol–water partition coefficient (Wildman–Crippen LogP) is 3.41. The van der Waals surface area contributed by atoms with Gasteiger partial charge in [-0.1, -0.05) is 13.8 Å². The molecule has 25 heavy (non-hydrogen) atoms. The van der Waals surface area contributed by atoms with Crippen LogP contribution in [0.5, 0.6) is 0 Å². The lowest BCUT2D eigenvalue weighted by Gasteiger charge is -2.08. The van der Waals surface area contributed by atoms with Gasteiger partial charge in [0.1, 0.15) is 11.6 Å². The lowest BCUT2D eigenvalue weighted by molar-refractivity contribution is -0.116. The first-order valence-electron chi connectivity index (χ1n) is 8.95. The van der Waals surface area contributed by atoms with Gasteiger partial charge in [0.15, 0.2) is 0 Å². The van der Waals surface area contributed by atoms with E-state index in [0.29, 0.717) is 13.0 Å². The summed E-state index contributed by atoms with van der Waals surface area (Å²) >= 11 is 0. The summed E-state index contributed by atoms with van der Waals surface area (Å²) in [7, 11) is 0. The van der Waals surface area contributed by atoms with Crippen molar-refractivity contribution in [2.24, 2.45) is 0 Å². The Bertz CT molecular complexity index is 877. The minimum absolute atomic E-state index is 0.000687. The van der Waals surface area contributed by atoms with Crippen LogP contribution >= 0.6 is 0 Å². The van der Waals surface area contributed by atoms with E-state index in [0.717, 1.165) is 47.8 Å². The molecule has 0 aliphatic rings. The van der Waals surface area contributed by atoms with Gasteiger partial charge in [-0.3, -0.25) is 4.79 Å². The molecule has 2 aromatic heterocycles. The van der Waals surface area contributed by atoms with Gasteiger partial charge < -0.3 is 14.5 Å². The van der Waals surface area contributed by atoms with Crippen LogP contribution in [0.2, 0.25) is 0 Å². The van der Waals surface area contributed by atoms with E-state index in [-0.39, 0.29) is 5.91 Å². The molecule has 0 spiro atoms. The molecule has 0 aliphatic heterocycles. The SMILES string of the molecule is CCc1nccn1CCC(=O)Nc1ccc2c(c1)nc(CC)n2CC. The van der Waals surface area contributed by atoms with Crippen molar-refractivity contribution in [1.29, 1.82) is 0 Å². The van der Waals surface area contributed by atoms with Crippen molar-refractivity contribution in [1.82, 2.24) is 19.1 Å². The molecule has 1 amide bonds. The maximum atomic E-state index is 12.3. The molecule has 0 unspecified atom stereocenters. The van der Waals surface area contributed by atoms with Crippen LogP contribution in [0, 0.1) is 0 Å². The fourth-order valence-electron chi connectivity index (χ4n) is 3.18. The second kappa shape index (κ2) is 7.51. The summed E-state index contributed by atoms with van der Waals surface area (Å²) in [6.45, 7) is 7.83. The number of amides is 1. The molecule has 132 valence electrons. The van der Waals surface area contributed by atoms with E-state index >= 15 is 0 Å². The van der Waals surface area contributed by atoms with Crippen molar-refractivity contribution < 1.29 is 4.79 Å². The third-order valence-corrected chi connectivity index (χ3v) is 4.44. The van der Waals surface area contributed by atoms with Crippen LogP contribution in [-0.4, -0.2) is 25.0 Å². The first-order chi connectivity index (χ1) is 12.2. The van der Waals surface area contributed by atoms with Gasteiger partial charge in [-0.2, -0.15) is 0 Å². The molecular formula is C19H25N5O. The van der Waals surface area contributed by atoms with Crippen LogP contribution in [0.25, 0.3) is 11.0 Å². The maximum Gasteiger partial charge on any atom is 0.226 e. The summed E-state index contributed by atoms with van der Waals surface area (Å²) in [6.07, 6.45) is 5.88. The Hall–Kier alpha value is -2.63. The van der Waals surface area contributed by atoms with Gasteiger partial charge in [-0.05, 0) is 25.1 Å². The van der Waals surface area contributed by atoms with Gasteiger partial charge in [0.2, 0.25) is 5.91 Å². The smallest absolute Gasteiger partial charge is 0.226 e. The Labute approximate surface area is 147 Å². The summed E-state index contributed by atoms with van der Waals surface area (Å²) < 4.78 is 4.24. The Morgan fingerprint density at radius 1 is 1.16 bits per heavy atom. The number of rotatable bonds is 7. The summed E-state index contributed by atoms with van der Waals surface area (Å²) in [5, 5.41) is 2.98. The van der Waals surface area contributed by atoms with Crippen LogP contribution in [0.1, 0.15) is 38.8 Å². The Kier molecular flexibility index (Phi) is 5.16. The molecule has 2 heterocycles. The number of imidazole rings is 2. The van der Waals surface area contributed by atoms with Crippen molar-refractivity contribution in [3.8, 4) is 0 Å². The molecular weight excluding hydrogens is 314 g/mol. The zero-order valence-corrected chi connectivity index (χ0v) is 15.1. The molecule has 1 aromatic carbocycles. The van der Waals surface area contributed by atoms with Gasteiger partial charge >= 0.3 is 0 Å². The zero-order valence-electron chi connectivity index (χ0n) is 15.1. The van der Waals surface area contributed by atoms with E-state index in [2.05, 4.69) is 40.6 Å². The van der Waals surface area contributed by atoms with Crippen LogP contribution in [0.15, 0.2) is 30.6 Å². The number of benzene rings is 1. The van der Waals surface area contributed by atoms with Gasteiger partial charge in [-0.25, -0.2) is 9.97 Å². The van der Waals surface area contributed by atoms with E-state index in [9.17, 15) is 4.79 Å². The average molecular weight is 339 g/mol. The van der Waals surface area contributed by atoms with E-state index in [1.165, 1.54) is 0 Å². The number of fused-ring (bicyclic) bond motifs is 1. The highest BCUT2D eigenvalue weighted by atomic mass is 16.1. The van der Waals surface area contributed by atoms with Crippen molar-refractivity contribution >= 4 is 22.6 Å². The van der Waals surface area contributed by atoms with Gasteiger partial charge in [-0.15, -0.1) is 0 Å². The lowest BCUT2D eigenvalue weighted by Crippen LogP contribution is -2.15. The first-order valence-corrected chi connectivity index (χ1v) is 8.95. The number of hydrogen-bond acceptors (Lipinski definition) is 3. The second-order valence-electron chi connectivity index (χ2n) is 6.02. The fourth-order valence-corrected chi connectivity index (χ4v) is 3.18. The predicted molar refractivity (Wildman–Crippen MR) is 99.6 cm³/mol. The van der Waals surface area contributed by atoms with E-state index in [1.54, 1.807) is 6.20 Å². The van der Waals surface area contributed by atoms with E-state index in [1.807, 2.05) is 29.0 Å². The number of aryl methyl sites for hydroxylation is 4. The molecule has 0 fully saturated rings. The molecule has 0 radical (unpaired) electrons. The quantitative estimate of drug-likeness (QED) is 0.717. The fraction of sp³-hybridized carbons (Fsp3) is 0.421. The topological polar surface area (TPSA) is 64.7 Å². The second-order valence-corrected chi connectivity index (χ2v) is 6.02. The normalized spacial score (nSPS) is 11.2. The summed E-state index contributed by atoms with van der Waals surface area (Å²) in [4.78, 5) is 21.2. The molecule has 0 bridgehead atoms. The van der Waals surface area contributed by atoms with Crippen LogP contribution in [0.3, 0.4) is 0 Å². The van der Waals surface area contributed by atoms with Gasteiger partial charge in [0.05, 0.1) is 11.0 Å².